The average molecular weight is 515 g/mol. The van der Waals surface area contributed by atoms with Gasteiger partial charge in [-0.05, 0) is 69.8 Å². The minimum Gasteiger partial charge on any atom is -0.355 e. The highest BCUT2D eigenvalue weighted by Crippen LogP contribution is 2.59. The third-order valence-electron chi connectivity index (χ3n) is 8.78. The minimum absolute atomic E-state index is 0.210. The zero-order chi connectivity index (χ0) is 27.0. The van der Waals surface area contributed by atoms with Gasteiger partial charge in [-0.25, -0.2) is 0 Å². The Bertz CT molecular complexity index is 2080. The number of fused-ring (bicyclic) bond motifs is 6. The van der Waals surface area contributed by atoms with Gasteiger partial charge in [0.1, 0.15) is 0 Å². The molecule has 192 valence electrons. The molecule has 2 heterocycles. The van der Waals surface area contributed by atoms with E-state index in [1.807, 2.05) is 0 Å². The second-order valence-corrected chi connectivity index (χ2v) is 11.5. The summed E-state index contributed by atoms with van der Waals surface area (Å²) in [4.78, 5) is 7.59. The molecule has 0 amide bonds. The van der Waals surface area contributed by atoms with Crippen LogP contribution in [0.15, 0.2) is 109 Å². The number of H-pyrrole nitrogens is 2. The van der Waals surface area contributed by atoms with Crippen LogP contribution < -0.4 is 0 Å². The molecule has 0 unspecified atom stereocenters. The number of nitrogens with one attached hydrogen (secondary N) is 2. The molecule has 0 fully saturated rings. The molecule has 8 rings (SSSR count). The van der Waals surface area contributed by atoms with Crippen molar-refractivity contribution in [3.8, 4) is 33.6 Å². The van der Waals surface area contributed by atoms with Gasteiger partial charge >= 0.3 is 0 Å². The fourth-order valence-corrected chi connectivity index (χ4v) is 7.23. The standard InChI is InChI=1S/C38H30N2/c1-4-12-23-15-11-18-28-35-33(31-21-24-13-5-9-19-29(24)39-31)26-16-7-8-17-27(26)34(37(35)38(2,3)36(23)28)32-22-25-14-6-10-20-30(25)40-32/h4-22,39-40H,1-3H3/b12-4-. The Morgan fingerprint density at radius 3 is 1.77 bits per heavy atom. The lowest BCUT2D eigenvalue weighted by atomic mass is 9.76. The summed E-state index contributed by atoms with van der Waals surface area (Å²) in [7, 11) is 0. The van der Waals surface area contributed by atoms with Gasteiger partial charge < -0.3 is 9.97 Å². The fourth-order valence-electron chi connectivity index (χ4n) is 7.23. The third-order valence-corrected chi connectivity index (χ3v) is 8.78. The summed E-state index contributed by atoms with van der Waals surface area (Å²) in [6.45, 7) is 6.91. The monoisotopic (exact) mass is 514 g/mol. The first-order valence-electron chi connectivity index (χ1n) is 14.1. The van der Waals surface area contributed by atoms with Crippen LogP contribution in [0.25, 0.3) is 72.3 Å². The molecular weight excluding hydrogens is 484 g/mol. The maximum absolute atomic E-state index is 3.80. The Morgan fingerprint density at radius 2 is 1.15 bits per heavy atom. The summed E-state index contributed by atoms with van der Waals surface area (Å²) < 4.78 is 0. The van der Waals surface area contributed by atoms with E-state index in [2.05, 4.69) is 146 Å². The van der Waals surface area contributed by atoms with Crippen molar-refractivity contribution in [2.24, 2.45) is 0 Å². The van der Waals surface area contributed by atoms with E-state index >= 15 is 0 Å². The summed E-state index contributed by atoms with van der Waals surface area (Å²) >= 11 is 0. The van der Waals surface area contributed by atoms with E-state index in [9.17, 15) is 0 Å². The molecule has 1 aliphatic rings. The molecule has 0 saturated carbocycles. The molecule has 0 saturated heterocycles. The predicted molar refractivity (Wildman–Crippen MR) is 171 cm³/mol. The highest BCUT2D eigenvalue weighted by molar-refractivity contribution is 6.16. The highest BCUT2D eigenvalue weighted by atomic mass is 14.7. The molecule has 7 aromatic rings. The molecule has 0 bridgehead atoms. The maximum Gasteiger partial charge on any atom is 0.0477 e. The molecule has 0 aliphatic heterocycles. The summed E-state index contributed by atoms with van der Waals surface area (Å²) in [5.41, 5.74) is 13.8. The predicted octanol–water partition coefficient (Wildman–Crippen LogP) is 10.5. The SMILES string of the molecule is C/C=C\c1cccc2c1C(C)(C)c1c-2c(-c2cc3ccccc3[nH]2)c2ccccc2c1-c1cc2ccccc2[nH]1. The van der Waals surface area contributed by atoms with Crippen LogP contribution in [0.4, 0.5) is 0 Å². The van der Waals surface area contributed by atoms with Crippen LogP contribution in [-0.4, -0.2) is 9.97 Å². The number of aromatic nitrogens is 2. The van der Waals surface area contributed by atoms with Gasteiger partial charge in [0.05, 0.1) is 0 Å². The molecule has 2 nitrogen and oxygen atoms in total. The first-order chi connectivity index (χ1) is 19.6. The lowest BCUT2D eigenvalue weighted by molar-refractivity contribution is 0.661. The van der Waals surface area contributed by atoms with Crippen molar-refractivity contribution in [2.45, 2.75) is 26.2 Å². The second-order valence-electron chi connectivity index (χ2n) is 11.5. The van der Waals surface area contributed by atoms with Crippen LogP contribution in [0.1, 0.15) is 37.5 Å². The number of hydrogen-bond acceptors (Lipinski definition) is 0. The van der Waals surface area contributed by atoms with E-state index in [4.69, 9.17) is 0 Å². The average Bonchev–Trinajstić information content (AvgIpc) is 3.65. The van der Waals surface area contributed by atoms with Crippen molar-refractivity contribution in [3.05, 3.63) is 126 Å². The molecule has 2 heteroatoms. The Morgan fingerprint density at radius 1 is 0.575 bits per heavy atom. The van der Waals surface area contributed by atoms with Gasteiger partial charge in [0.2, 0.25) is 0 Å². The lowest BCUT2D eigenvalue weighted by Crippen LogP contribution is -2.18. The van der Waals surface area contributed by atoms with Crippen LogP contribution >= 0.6 is 0 Å². The number of aromatic amines is 2. The number of benzene rings is 5. The van der Waals surface area contributed by atoms with Crippen molar-refractivity contribution in [1.29, 1.82) is 0 Å². The van der Waals surface area contributed by atoms with Crippen LogP contribution in [0.3, 0.4) is 0 Å². The lowest BCUT2D eigenvalue weighted by Gasteiger charge is -2.27. The zero-order valence-electron chi connectivity index (χ0n) is 23.0. The first kappa shape index (κ1) is 23.1. The van der Waals surface area contributed by atoms with Crippen LogP contribution in [0, 0.1) is 0 Å². The Labute approximate surface area is 234 Å². The van der Waals surface area contributed by atoms with E-state index in [1.165, 1.54) is 66.2 Å². The molecule has 1 aliphatic carbocycles. The molecule has 40 heavy (non-hydrogen) atoms. The molecule has 0 spiro atoms. The zero-order valence-corrected chi connectivity index (χ0v) is 23.0. The third kappa shape index (κ3) is 3.11. The normalized spacial score (nSPS) is 14.0. The van der Waals surface area contributed by atoms with Gasteiger partial charge in [0.25, 0.3) is 0 Å². The molecule has 2 aromatic heterocycles. The summed E-state index contributed by atoms with van der Waals surface area (Å²) in [6, 6.07) is 37.6. The Hall–Kier alpha value is -4.82. The number of allylic oxidation sites excluding steroid dienone is 1. The highest BCUT2D eigenvalue weighted by Gasteiger charge is 2.42. The van der Waals surface area contributed by atoms with Gasteiger partial charge in [0.15, 0.2) is 0 Å². The van der Waals surface area contributed by atoms with Crippen LogP contribution in [0.2, 0.25) is 0 Å². The Balaban J connectivity index is 1.59. The largest absolute Gasteiger partial charge is 0.355 e. The molecular formula is C38H30N2. The topological polar surface area (TPSA) is 31.6 Å². The van der Waals surface area contributed by atoms with Gasteiger partial charge in [-0.1, -0.05) is 105 Å². The van der Waals surface area contributed by atoms with Gasteiger partial charge in [-0.3, -0.25) is 0 Å². The first-order valence-corrected chi connectivity index (χ1v) is 14.1. The van der Waals surface area contributed by atoms with Crippen molar-refractivity contribution in [3.63, 3.8) is 0 Å². The van der Waals surface area contributed by atoms with E-state index in [-0.39, 0.29) is 5.41 Å². The molecule has 2 N–H and O–H groups in total. The van der Waals surface area contributed by atoms with Gasteiger partial charge in [0, 0.05) is 49.7 Å². The minimum atomic E-state index is -0.210. The molecule has 5 aromatic carbocycles. The summed E-state index contributed by atoms with van der Waals surface area (Å²) in [5.74, 6) is 0. The Kier molecular flexibility index (Phi) is 4.82. The second kappa shape index (κ2) is 8.34. The van der Waals surface area contributed by atoms with Crippen molar-refractivity contribution < 1.29 is 0 Å². The quantitative estimate of drug-likeness (QED) is 0.235. The maximum atomic E-state index is 3.80. The van der Waals surface area contributed by atoms with Crippen molar-refractivity contribution in [2.75, 3.05) is 0 Å². The smallest absolute Gasteiger partial charge is 0.0477 e. The molecule has 0 atom stereocenters. The van der Waals surface area contributed by atoms with Gasteiger partial charge in [-0.15, -0.1) is 0 Å². The van der Waals surface area contributed by atoms with Crippen molar-refractivity contribution >= 4 is 38.7 Å². The van der Waals surface area contributed by atoms with E-state index in [0.29, 0.717) is 0 Å². The fraction of sp³-hybridized carbons (Fsp3) is 0.105. The summed E-state index contributed by atoms with van der Waals surface area (Å²) in [6.07, 6.45) is 4.42. The van der Waals surface area contributed by atoms with Crippen molar-refractivity contribution in [1.82, 2.24) is 9.97 Å². The summed E-state index contributed by atoms with van der Waals surface area (Å²) in [5, 5.41) is 5.00. The molecule has 0 radical (unpaired) electrons. The van der Waals surface area contributed by atoms with E-state index < -0.39 is 0 Å². The number of rotatable bonds is 3. The van der Waals surface area contributed by atoms with Crippen LogP contribution in [-0.2, 0) is 5.41 Å². The van der Waals surface area contributed by atoms with Crippen LogP contribution in [0.5, 0.6) is 0 Å². The number of para-hydroxylation sites is 2. The van der Waals surface area contributed by atoms with E-state index in [1.54, 1.807) is 0 Å². The van der Waals surface area contributed by atoms with E-state index in [0.717, 1.165) is 16.7 Å². The number of hydrogen-bond donors (Lipinski definition) is 2. The van der Waals surface area contributed by atoms with Gasteiger partial charge in [-0.2, -0.15) is 0 Å².